The highest BCUT2D eigenvalue weighted by Gasteiger charge is 2.23. The number of rotatable bonds is 11. The summed E-state index contributed by atoms with van der Waals surface area (Å²) < 4.78 is 46.8. The van der Waals surface area contributed by atoms with E-state index in [1.165, 1.54) is 20.4 Å². The number of hydrogen-bond acceptors (Lipinski definition) is 5. The van der Waals surface area contributed by atoms with Crippen LogP contribution in [0.15, 0.2) is 96.4 Å². The summed E-state index contributed by atoms with van der Waals surface area (Å²) in [5.74, 6) is -0.874. The van der Waals surface area contributed by atoms with Gasteiger partial charge < -0.3 is 23.7 Å². The van der Waals surface area contributed by atoms with Crippen LogP contribution < -0.4 is 24.5 Å². The minimum absolute atomic E-state index is 0.00280. The van der Waals surface area contributed by atoms with Crippen LogP contribution in [0.5, 0.6) is 17.2 Å². The molecule has 0 unspecified atom stereocenters. The number of methoxy groups -OCH3 is 2. The van der Waals surface area contributed by atoms with Crippen LogP contribution in [0.2, 0.25) is 0 Å². The quantitative estimate of drug-likeness (QED) is 0.158. The van der Waals surface area contributed by atoms with Gasteiger partial charge in [-0.3, -0.25) is 9.59 Å². The minimum Gasteiger partial charge on any atom is -0.497 e. The molecule has 0 radical (unpaired) electrons. The first-order chi connectivity index (χ1) is 21.7. The van der Waals surface area contributed by atoms with Gasteiger partial charge in [-0.25, -0.2) is 8.78 Å². The van der Waals surface area contributed by atoms with E-state index in [-0.39, 0.29) is 23.2 Å². The Morgan fingerprint density at radius 1 is 0.889 bits per heavy atom. The third-order valence-corrected chi connectivity index (χ3v) is 7.42. The van der Waals surface area contributed by atoms with Gasteiger partial charge >= 0.3 is 0 Å². The number of carbonyl (C=O) groups is 1. The van der Waals surface area contributed by atoms with Crippen LogP contribution in [0.1, 0.15) is 28.4 Å². The molecule has 0 atom stereocenters. The number of halogens is 2. The van der Waals surface area contributed by atoms with Crippen LogP contribution in [0, 0.1) is 11.6 Å². The van der Waals surface area contributed by atoms with Gasteiger partial charge in [-0.1, -0.05) is 36.9 Å². The van der Waals surface area contributed by atoms with Crippen molar-refractivity contribution in [2.75, 3.05) is 32.3 Å². The number of ether oxygens (including phenoxy) is 3. The number of amides is 1. The SMILES string of the molecule is C=Cc1ccc(CCOc2ccc3c(=O)c(C(=O)N(CC)c4cc(F)cc(F)c4)cn(-c4cc(OC)cc(OC)c4)c3c2)cc1. The van der Waals surface area contributed by atoms with Crippen LogP contribution in [-0.4, -0.2) is 37.8 Å². The highest BCUT2D eigenvalue weighted by molar-refractivity contribution is 6.07. The summed E-state index contributed by atoms with van der Waals surface area (Å²) in [5, 5.41) is 0.247. The summed E-state index contributed by atoms with van der Waals surface area (Å²) in [6.07, 6.45) is 3.87. The molecule has 5 rings (SSSR count). The third kappa shape index (κ3) is 6.72. The lowest BCUT2D eigenvalue weighted by Crippen LogP contribution is -2.35. The lowest BCUT2D eigenvalue weighted by Gasteiger charge is -2.22. The fourth-order valence-corrected chi connectivity index (χ4v) is 5.08. The van der Waals surface area contributed by atoms with Crippen molar-refractivity contribution < 1.29 is 27.8 Å². The van der Waals surface area contributed by atoms with Crippen LogP contribution >= 0.6 is 0 Å². The molecule has 45 heavy (non-hydrogen) atoms. The number of nitrogens with zero attached hydrogens (tertiary/aromatic N) is 2. The number of pyridine rings is 1. The monoisotopic (exact) mass is 610 g/mol. The van der Waals surface area contributed by atoms with Gasteiger partial charge in [0, 0.05) is 60.6 Å². The van der Waals surface area contributed by atoms with Crippen LogP contribution in [-0.2, 0) is 6.42 Å². The van der Waals surface area contributed by atoms with Crippen LogP contribution in [0.3, 0.4) is 0 Å². The summed E-state index contributed by atoms with van der Waals surface area (Å²) in [4.78, 5) is 28.9. The number of anilines is 1. The molecule has 0 aliphatic carbocycles. The second-order valence-electron chi connectivity index (χ2n) is 10.2. The van der Waals surface area contributed by atoms with Crippen molar-refractivity contribution in [1.29, 1.82) is 0 Å². The Kier molecular flexibility index (Phi) is 9.28. The standard InChI is InChI=1S/C36H32F2N2O5/c1-5-23-7-9-24(10-8-23)13-14-45-29-11-12-32-34(21-29)40(28-18-30(43-3)20-31(19-28)44-4)22-33(35(32)41)36(42)39(6-2)27-16-25(37)15-26(38)17-27/h5,7-12,15-22H,1,6,13-14H2,2-4H3. The number of fused-ring (bicyclic) bond motifs is 1. The molecule has 1 heterocycles. The van der Waals surface area contributed by atoms with Crippen molar-refractivity contribution in [3.8, 4) is 22.9 Å². The minimum atomic E-state index is -0.836. The fraction of sp³-hybridized carbons (Fsp3) is 0.167. The normalized spacial score (nSPS) is 10.9. The maximum atomic E-state index is 14.1. The van der Waals surface area contributed by atoms with Crippen molar-refractivity contribution in [2.24, 2.45) is 0 Å². The van der Waals surface area contributed by atoms with E-state index in [9.17, 15) is 18.4 Å². The predicted octanol–water partition coefficient (Wildman–Crippen LogP) is 7.22. The van der Waals surface area contributed by atoms with E-state index in [2.05, 4.69) is 6.58 Å². The molecule has 5 aromatic rings. The Hall–Kier alpha value is -5.44. The maximum Gasteiger partial charge on any atom is 0.263 e. The topological polar surface area (TPSA) is 70.0 Å². The van der Waals surface area contributed by atoms with E-state index in [0.29, 0.717) is 41.5 Å². The second kappa shape index (κ2) is 13.5. The summed E-state index contributed by atoms with van der Waals surface area (Å²) in [7, 11) is 3.04. The summed E-state index contributed by atoms with van der Waals surface area (Å²) in [5.41, 5.74) is 2.42. The van der Waals surface area contributed by atoms with Crippen molar-refractivity contribution >= 4 is 28.6 Å². The Morgan fingerprint density at radius 3 is 2.16 bits per heavy atom. The molecule has 0 aliphatic rings. The lowest BCUT2D eigenvalue weighted by atomic mass is 10.1. The Bertz CT molecular complexity index is 1890. The lowest BCUT2D eigenvalue weighted by molar-refractivity contribution is 0.0987. The van der Waals surface area contributed by atoms with Gasteiger partial charge in [0.25, 0.3) is 5.91 Å². The molecule has 1 aromatic heterocycles. The van der Waals surface area contributed by atoms with E-state index in [1.807, 2.05) is 24.3 Å². The average Bonchev–Trinajstić information content (AvgIpc) is 3.04. The molecule has 0 aliphatic heterocycles. The molecular formula is C36H32F2N2O5. The van der Waals surface area contributed by atoms with Crippen molar-refractivity contribution in [2.45, 2.75) is 13.3 Å². The Labute approximate surface area is 259 Å². The van der Waals surface area contributed by atoms with Gasteiger partial charge in [0.2, 0.25) is 5.43 Å². The molecule has 0 bridgehead atoms. The van der Waals surface area contributed by atoms with E-state index >= 15 is 0 Å². The molecule has 1 amide bonds. The summed E-state index contributed by atoms with van der Waals surface area (Å²) in [6, 6.07) is 21.0. The summed E-state index contributed by atoms with van der Waals surface area (Å²) in [6.45, 7) is 5.89. The zero-order chi connectivity index (χ0) is 32.1. The molecule has 0 saturated heterocycles. The third-order valence-electron chi connectivity index (χ3n) is 7.42. The highest BCUT2D eigenvalue weighted by atomic mass is 19.1. The molecular weight excluding hydrogens is 578 g/mol. The molecule has 0 spiro atoms. The predicted molar refractivity (Wildman–Crippen MR) is 172 cm³/mol. The largest absolute Gasteiger partial charge is 0.497 e. The molecule has 0 saturated carbocycles. The second-order valence-corrected chi connectivity index (χ2v) is 10.2. The average molecular weight is 611 g/mol. The van der Waals surface area contributed by atoms with Gasteiger partial charge in [0.05, 0.1) is 32.0 Å². The van der Waals surface area contributed by atoms with Crippen LogP contribution in [0.25, 0.3) is 22.7 Å². The first-order valence-corrected chi connectivity index (χ1v) is 14.3. The van der Waals surface area contributed by atoms with E-state index in [1.54, 1.807) is 54.0 Å². The van der Waals surface area contributed by atoms with Crippen LogP contribution in [0.4, 0.5) is 14.5 Å². The smallest absolute Gasteiger partial charge is 0.263 e. The van der Waals surface area contributed by atoms with Crippen molar-refractivity contribution in [3.05, 3.63) is 130 Å². The zero-order valence-corrected chi connectivity index (χ0v) is 25.2. The van der Waals surface area contributed by atoms with Gasteiger partial charge in [0.15, 0.2) is 0 Å². The Balaban J connectivity index is 1.60. The molecule has 4 aromatic carbocycles. The van der Waals surface area contributed by atoms with E-state index < -0.39 is 23.0 Å². The molecule has 7 nitrogen and oxygen atoms in total. The fourth-order valence-electron chi connectivity index (χ4n) is 5.08. The Morgan fingerprint density at radius 2 is 1.56 bits per heavy atom. The molecule has 0 N–H and O–H groups in total. The van der Waals surface area contributed by atoms with Gasteiger partial charge in [-0.05, 0) is 42.3 Å². The van der Waals surface area contributed by atoms with E-state index in [0.717, 1.165) is 34.2 Å². The number of aromatic nitrogens is 1. The first kappa shape index (κ1) is 31.0. The van der Waals surface area contributed by atoms with E-state index in [4.69, 9.17) is 14.2 Å². The first-order valence-electron chi connectivity index (χ1n) is 14.3. The molecule has 9 heteroatoms. The van der Waals surface area contributed by atoms with Crippen molar-refractivity contribution in [3.63, 3.8) is 0 Å². The zero-order valence-electron chi connectivity index (χ0n) is 25.2. The van der Waals surface area contributed by atoms with Gasteiger partial charge in [0.1, 0.15) is 34.4 Å². The van der Waals surface area contributed by atoms with Crippen molar-refractivity contribution in [1.82, 2.24) is 4.57 Å². The maximum absolute atomic E-state index is 14.1. The number of benzene rings is 4. The molecule has 0 fully saturated rings. The van der Waals surface area contributed by atoms with Gasteiger partial charge in [-0.15, -0.1) is 0 Å². The number of carbonyl (C=O) groups excluding carboxylic acids is 1. The molecule has 230 valence electrons. The number of hydrogen-bond donors (Lipinski definition) is 0. The van der Waals surface area contributed by atoms with Gasteiger partial charge in [-0.2, -0.15) is 0 Å². The highest BCUT2D eigenvalue weighted by Crippen LogP contribution is 2.29. The summed E-state index contributed by atoms with van der Waals surface area (Å²) >= 11 is 0.